The second kappa shape index (κ2) is 6.14. The van der Waals surface area contributed by atoms with E-state index < -0.39 is 4.92 Å². The lowest BCUT2D eigenvalue weighted by molar-refractivity contribution is -0.385. The summed E-state index contributed by atoms with van der Waals surface area (Å²) >= 11 is 3.13. The lowest BCUT2D eigenvalue weighted by Gasteiger charge is -2.25. The van der Waals surface area contributed by atoms with Crippen LogP contribution in [0.1, 0.15) is 36.0 Å². The molecule has 5 nitrogen and oxygen atoms in total. The van der Waals surface area contributed by atoms with Crippen molar-refractivity contribution in [1.29, 1.82) is 0 Å². The van der Waals surface area contributed by atoms with Crippen LogP contribution in [0.2, 0.25) is 0 Å². The molecule has 19 heavy (non-hydrogen) atoms. The third kappa shape index (κ3) is 3.32. The quantitative estimate of drug-likeness (QED) is 0.666. The molecule has 6 heteroatoms. The summed E-state index contributed by atoms with van der Waals surface area (Å²) in [7, 11) is 0. The third-order valence-electron chi connectivity index (χ3n) is 3.48. The van der Waals surface area contributed by atoms with Gasteiger partial charge >= 0.3 is 0 Å². The normalized spacial score (nSPS) is 14.8. The fraction of sp³-hybridized carbons (Fsp3) is 0.462. The summed E-state index contributed by atoms with van der Waals surface area (Å²) in [6.07, 6.45) is 4.76. The molecule has 0 aliphatic heterocycles. The van der Waals surface area contributed by atoms with Crippen LogP contribution >= 0.6 is 15.9 Å². The maximum atomic E-state index is 12.0. The number of hydrogen-bond donors (Lipinski definition) is 1. The van der Waals surface area contributed by atoms with Gasteiger partial charge in [0.2, 0.25) is 0 Å². The highest BCUT2D eigenvalue weighted by atomic mass is 79.9. The van der Waals surface area contributed by atoms with Crippen LogP contribution in [0.5, 0.6) is 0 Å². The first kappa shape index (κ1) is 14.0. The molecule has 1 aromatic carbocycles. The van der Waals surface area contributed by atoms with Gasteiger partial charge in [-0.25, -0.2) is 0 Å². The molecule has 0 unspecified atom stereocenters. The summed E-state index contributed by atoms with van der Waals surface area (Å²) in [6, 6.07) is 4.47. The van der Waals surface area contributed by atoms with Gasteiger partial charge in [0.25, 0.3) is 11.6 Å². The van der Waals surface area contributed by atoms with Crippen molar-refractivity contribution in [3.05, 3.63) is 38.3 Å². The van der Waals surface area contributed by atoms with Crippen molar-refractivity contribution in [3.63, 3.8) is 0 Å². The fourth-order valence-corrected chi connectivity index (χ4v) is 2.69. The Balaban J connectivity index is 1.97. The Kier molecular flexibility index (Phi) is 4.52. The van der Waals surface area contributed by atoms with Crippen molar-refractivity contribution in [2.24, 2.45) is 5.92 Å². The van der Waals surface area contributed by atoms with Crippen molar-refractivity contribution in [2.45, 2.75) is 25.7 Å². The maximum absolute atomic E-state index is 12.0. The number of carbonyl (C=O) groups is 1. The predicted octanol–water partition coefficient (Wildman–Crippen LogP) is 3.28. The number of halogens is 1. The largest absolute Gasteiger partial charge is 0.352 e. The summed E-state index contributed by atoms with van der Waals surface area (Å²) in [5.74, 6) is 0.462. The number of carbonyl (C=O) groups excluding carboxylic acids is 1. The van der Waals surface area contributed by atoms with Crippen LogP contribution in [0.4, 0.5) is 5.69 Å². The SMILES string of the molecule is O=C(NCCC1CCC1)c1cccc([N+](=O)[O-])c1Br. The van der Waals surface area contributed by atoms with Crippen LogP contribution in [0.3, 0.4) is 0 Å². The van der Waals surface area contributed by atoms with Crippen molar-refractivity contribution in [3.8, 4) is 0 Å². The molecule has 102 valence electrons. The predicted molar refractivity (Wildman–Crippen MR) is 75.1 cm³/mol. The molecule has 0 atom stereocenters. The molecule has 1 aliphatic carbocycles. The number of rotatable bonds is 5. The van der Waals surface area contributed by atoms with Gasteiger partial charge in [-0.15, -0.1) is 0 Å². The van der Waals surface area contributed by atoms with Gasteiger partial charge in [-0.1, -0.05) is 25.3 Å². The summed E-state index contributed by atoms with van der Waals surface area (Å²) in [5.41, 5.74) is 0.217. The van der Waals surface area contributed by atoms with E-state index in [9.17, 15) is 14.9 Å². The Labute approximate surface area is 119 Å². The number of amides is 1. The maximum Gasteiger partial charge on any atom is 0.284 e. The Morgan fingerprint density at radius 2 is 2.21 bits per heavy atom. The van der Waals surface area contributed by atoms with Crippen LogP contribution in [0.25, 0.3) is 0 Å². The standard InChI is InChI=1S/C13H15BrN2O3/c14-12-10(5-2-6-11(12)16(18)19)13(17)15-8-7-9-3-1-4-9/h2,5-6,9H,1,3-4,7-8H2,(H,15,17). The Bertz CT molecular complexity index is 501. The van der Waals surface area contributed by atoms with Gasteiger partial charge in [-0.05, 0) is 34.3 Å². The van der Waals surface area contributed by atoms with E-state index in [0.29, 0.717) is 12.1 Å². The molecule has 1 fully saturated rings. The third-order valence-corrected chi connectivity index (χ3v) is 4.32. The first-order chi connectivity index (χ1) is 9.09. The zero-order chi connectivity index (χ0) is 13.8. The fourth-order valence-electron chi connectivity index (χ4n) is 2.10. The highest BCUT2D eigenvalue weighted by Gasteiger charge is 2.20. The highest BCUT2D eigenvalue weighted by molar-refractivity contribution is 9.10. The molecule has 1 N–H and O–H groups in total. The van der Waals surface area contributed by atoms with E-state index in [0.717, 1.165) is 12.3 Å². The molecule has 1 amide bonds. The van der Waals surface area contributed by atoms with Crippen molar-refractivity contribution in [1.82, 2.24) is 5.32 Å². The van der Waals surface area contributed by atoms with Gasteiger partial charge in [0.15, 0.2) is 0 Å². The van der Waals surface area contributed by atoms with E-state index in [1.165, 1.54) is 31.4 Å². The second-order valence-corrected chi connectivity index (χ2v) is 5.53. The zero-order valence-corrected chi connectivity index (χ0v) is 12.0. The minimum absolute atomic E-state index is 0.0911. The molecule has 1 saturated carbocycles. The first-order valence-corrected chi connectivity index (χ1v) is 7.10. The van der Waals surface area contributed by atoms with Crippen LogP contribution in [0.15, 0.2) is 22.7 Å². The van der Waals surface area contributed by atoms with Crippen LogP contribution in [-0.2, 0) is 0 Å². The van der Waals surface area contributed by atoms with Crippen molar-refractivity contribution in [2.75, 3.05) is 6.54 Å². The van der Waals surface area contributed by atoms with E-state index in [1.54, 1.807) is 6.07 Å². The zero-order valence-electron chi connectivity index (χ0n) is 10.4. The highest BCUT2D eigenvalue weighted by Crippen LogP contribution is 2.29. The van der Waals surface area contributed by atoms with E-state index in [1.807, 2.05) is 0 Å². The lowest BCUT2D eigenvalue weighted by atomic mass is 9.83. The van der Waals surface area contributed by atoms with Crippen LogP contribution in [-0.4, -0.2) is 17.4 Å². The average Bonchev–Trinajstić information content (AvgIpc) is 2.32. The number of nitrogens with one attached hydrogen (secondary N) is 1. The molecule has 0 heterocycles. The molecule has 0 saturated heterocycles. The van der Waals surface area contributed by atoms with Gasteiger partial charge < -0.3 is 5.32 Å². The lowest BCUT2D eigenvalue weighted by Crippen LogP contribution is -2.27. The summed E-state index contributed by atoms with van der Waals surface area (Å²) in [5, 5.41) is 13.6. The van der Waals surface area contributed by atoms with E-state index in [-0.39, 0.29) is 16.1 Å². The summed E-state index contributed by atoms with van der Waals surface area (Å²) in [4.78, 5) is 22.2. The molecular formula is C13H15BrN2O3. The molecule has 2 rings (SSSR count). The van der Waals surface area contributed by atoms with E-state index in [2.05, 4.69) is 21.2 Å². The minimum Gasteiger partial charge on any atom is -0.352 e. The van der Waals surface area contributed by atoms with Gasteiger partial charge in [-0.3, -0.25) is 14.9 Å². The smallest absolute Gasteiger partial charge is 0.284 e. The molecule has 0 bridgehead atoms. The van der Waals surface area contributed by atoms with E-state index >= 15 is 0 Å². The van der Waals surface area contributed by atoms with Crippen molar-refractivity contribution >= 4 is 27.5 Å². The number of nitro groups is 1. The molecule has 0 radical (unpaired) electrons. The average molecular weight is 327 g/mol. The monoisotopic (exact) mass is 326 g/mol. The van der Waals surface area contributed by atoms with Gasteiger partial charge in [0.05, 0.1) is 10.5 Å². The Morgan fingerprint density at radius 3 is 2.79 bits per heavy atom. The van der Waals surface area contributed by atoms with Gasteiger partial charge in [-0.2, -0.15) is 0 Å². The van der Waals surface area contributed by atoms with Crippen LogP contribution < -0.4 is 5.32 Å². The molecule has 1 aliphatic rings. The van der Waals surface area contributed by atoms with Gasteiger partial charge in [0.1, 0.15) is 4.47 Å². The summed E-state index contributed by atoms with van der Waals surface area (Å²) < 4.78 is 0.237. The Morgan fingerprint density at radius 1 is 1.47 bits per heavy atom. The molecule has 0 spiro atoms. The van der Waals surface area contributed by atoms with Gasteiger partial charge in [0, 0.05) is 12.6 Å². The minimum atomic E-state index is -0.505. The Hall–Kier alpha value is -1.43. The number of benzene rings is 1. The summed E-state index contributed by atoms with van der Waals surface area (Å²) in [6.45, 7) is 0.624. The molecule has 0 aromatic heterocycles. The van der Waals surface area contributed by atoms with E-state index in [4.69, 9.17) is 0 Å². The number of nitrogens with zero attached hydrogens (tertiary/aromatic N) is 1. The second-order valence-electron chi connectivity index (χ2n) is 4.74. The number of nitro benzene ring substituents is 1. The number of hydrogen-bond acceptors (Lipinski definition) is 3. The first-order valence-electron chi connectivity index (χ1n) is 6.30. The molecular weight excluding hydrogens is 312 g/mol. The van der Waals surface area contributed by atoms with Crippen molar-refractivity contribution < 1.29 is 9.72 Å². The topological polar surface area (TPSA) is 72.2 Å². The van der Waals surface area contributed by atoms with Crippen LogP contribution in [0, 0.1) is 16.0 Å². The molecule has 1 aromatic rings.